The largest absolute Gasteiger partial charge is 0.333 e. The van der Waals surface area contributed by atoms with Crippen LogP contribution in [0.25, 0.3) is 0 Å². The van der Waals surface area contributed by atoms with Crippen LogP contribution in [0, 0.1) is 0 Å². The maximum Gasteiger partial charge on any atom is 0.256 e. The Balaban J connectivity index is 1.91. The average Bonchev–Trinajstić information content (AvgIpc) is 2.77. The van der Waals surface area contributed by atoms with Crippen LogP contribution >= 0.6 is 0 Å². The Morgan fingerprint density at radius 3 is 2.28 bits per heavy atom. The number of rotatable bonds is 4. The van der Waals surface area contributed by atoms with Gasteiger partial charge in [0.1, 0.15) is 0 Å². The minimum absolute atomic E-state index is 0.0313. The van der Waals surface area contributed by atoms with E-state index in [0.29, 0.717) is 19.5 Å². The van der Waals surface area contributed by atoms with E-state index in [1.807, 2.05) is 37.3 Å². The molecule has 25 heavy (non-hydrogen) atoms. The van der Waals surface area contributed by atoms with Gasteiger partial charge in [-0.3, -0.25) is 10.1 Å². The highest BCUT2D eigenvalue weighted by Gasteiger charge is 2.39. The number of hydrogen-bond donors (Lipinski definition) is 1. The molecule has 2 aromatic rings. The van der Waals surface area contributed by atoms with E-state index < -0.39 is 21.1 Å². The number of hydrogen-bond acceptors (Lipinski definition) is 4. The molecular weight excluding hydrogens is 336 g/mol. The molecule has 1 N–H and O–H groups in total. The number of sulfone groups is 1. The Bertz CT molecular complexity index is 822. The lowest BCUT2D eigenvalue weighted by Gasteiger charge is -2.29. The molecule has 1 aliphatic heterocycles. The van der Waals surface area contributed by atoms with E-state index >= 15 is 0 Å². The summed E-state index contributed by atoms with van der Waals surface area (Å²) in [5, 5.41) is 1.69. The van der Waals surface area contributed by atoms with E-state index in [9.17, 15) is 13.2 Å². The first-order valence-corrected chi connectivity index (χ1v) is 9.91. The predicted octanol–water partition coefficient (Wildman–Crippen LogP) is 2.20. The van der Waals surface area contributed by atoms with E-state index in [0.717, 1.165) is 5.56 Å². The molecule has 3 rings (SSSR count). The van der Waals surface area contributed by atoms with E-state index in [1.165, 1.54) is 12.1 Å². The van der Waals surface area contributed by atoms with E-state index in [1.54, 1.807) is 23.1 Å². The number of nitrogens with zero attached hydrogens (tertiary/aromatic N) is 1. The van der Waals surface area contributed by atoms with Gasteiger partial charge in [0, 0.05) is 12.6 Å². The highest BCUT2D eigenvalue weighted by molar-refractivity contribution is 7.92. The van der Waals surface area contributed by atoms with Crippen molar-refractivity contribution in [2.24, 2.45) is 0 Å². The predicted molar refractivity (Wildman–Crippen MR) is 96.5 cm³/mol. The molecule has 2 unspecified atom stereocenters. The number of benzene rings is 2. The SMILES string of the molecule is CC1CCNC(S(=O)(=O)c2ccccc2)C(=O)N1Cc1ccccc1. The second-order valence-corrected chi connectivity index (χ2v) is 8.31. The molecule has 6 heteroatoms. The van der Waals surface area contributed by atoms with Crippen LogP contribution in [0.3, 0.4) is 0 Å². The Morgan fingerprint density at radius 1 is 1.04 bits per heavy atom. The van der Waals surface area contributed by atoms with Crippen LogP contribution in [-0.2, 0) is 21.2 Å². The first-order chi connectivity index (χ1) is 12.0. The summed E-state index contributed by atoms with van der Waals surface area (Å²) >= 11 is 0. The van der Waals surface area contributed by atoms with Gasteiger partial charge < -0.3 is 4.90 Å². The molecule has 5 nitrogen and oxygen atoms in total. The first-order valence-electron chi connectivity index (χ1n) is 8.37. The molecule has 1 fully saturated rings. The summed E-state index contributed by atoms with van der Waals surface area (Å²) in [7, 11) is -3.79. The molecule has 2 atom stereocenters. The number of carbonyl (C=O) groups excluding carboxylic acids is 1. The fourth-order valence-corrected chi connectivity index (χ4v) is 4.58. The van der Waals surface area contributed by atoms with Gasteiger partial charge >= 0.3 is 0 Å². The summed E-state index contributed by atoms with van der Waals surface area (Å²) in [6.45, 7) is 2.85. The highest BCUT2D eigenvalue weighted by Crippen LogP contribution is 2.21. The lowest BCUT2D eigenvalue weighted by atomic mass is 10.1. The zero-order valence-corrected chi connectivity index (χ0v) is 14.9. The molecule has 2 aromatic carbocycles. The topological polar surface area (TPSA) is 66.5 Å². The fourth-order valence-electron chi connectivity index (χ4n) is 3.04. The van der Waals surface area contributed by atoms with Crippen LogP contribution in [0.15, 0.2) is 65.6 Å². The Labute approximate surface area is 148 Å². The maximum atomic E-state index is 13.1. The number of amides is 1. The van der Waals surface area contributed by atoms with Crippen molar-refractivity contribution in [1.29, 1.82) is 0 Å². The molecule has 0 bridgehead atoms. The fraction of sp³-hybridized carbons (Fsp3) is 0.316. The zero-order valence-electron chi connectivity index (χ0n) is 14.1. The lowest BCUT2D eigenvalue weighted by Crippen LogP contribution is -2.49. The summed E-state index contributed by atoms with van der Waals surface area (Å²) in [6, 6.07) is 17.7. The Kier molecular flexibility index (Phi) is 5.20. The van der Waals surface area contributed by atoms with Crippen LogP contribution in [0.2, 0.25) is 0 Å². The van der Waals surface area contributed by atoms with Crippen LogP contribution in [0.4, 0.5) is 0 Å². The molecule has 0 aliphatic carbocycles. The van der Waals surface area contributed by atoms with Crippen molar-refractivity contribution in [3.63, 3.8) is 0 Å². The third-order valence-corrected chi connectivity index (χ3v) is 6.43. The van der Waals surface area contributed by atoms with Gasteiger partial charge in [-0.25, -0.2) is 8.42 Å². The number of carbonyl (C=O) groups is 1. The molecule has 1 aliphatic rings. The van der Waals surface area contributed by atoms with Crippen LogP contribution in [0.1, 0.15) is 18.9 Å². The second kappa shape index (κ2) is 7.37. The van der Waals surface area contributed by atoms with Crippen LogP contribution in [-0.4, -0.2) is 37.2 Å². The maximum absolute atomic E-state index is 13.1. The third kappa shape index (κ3) is 3.75. The average molecular weight is 358 g/mol. The van der Waals surface area contributed by atoms with Crippen molar-refractivity contribution in [2.45, 2.75) is 36.2 Å². The summed E-state index contributed by atoms with van der Waals surface area (Å²) in [5.41, 5.74) is 0.987. The van der Waals surface area contributed by atoms with E-state index in [4.69, 9.17) is 0 Å². The standard InChI is InChI=1S/C19H22N2O3S/c1-15-12-13-20-18(25(23,24)17-10-6-3-7-11-17)19(22)21(15)14-16-8-4-2-5-9-16/h2-11,15,18,20H,12-14H2,1H3. The monoisotopic (exact) mass is 358 g/mol. The molecular formula is C19H22N2O3S. The van der Waals surface area contributed by atoms with Crippen LogP contribution in [0.5, 0.6) is 0 Å². The minimum Gasteiger partial charge on any atom is -0.333 e. The van der Waals surface area contributed by atoms with Crippen molar-refractivity contribution in [2.75, 3.05) is 6.54 Å². The van der Waals surface area contributed by atoms with Gasteiger partial charge in [0.25, 0.3) is 5.91 Å². The van der Waals surface area contributed by atoms with Crippen molar-refractivity contribution in [3.8, 4) is 0 Å². The van der Waals surface area contributed by atoms with Crippen molar-refractivity contribution in [1.82, 2.24) is 10.2 Å². The molecule has 0 spiro atoms. The molecule has 1 amide bonds. The minimum atomic E-state index is -3.79. The second-order valence-electron chi connectivity index (χ2n) is 6.28. The Morgan fingerprint density at radius 2 is 1.64 bits per heavy atom. The van der Waals surface area contributed by atoms with Crippen molar-refractivity contribution >= 4 is 15.7 Å². The molecule has 0 aromatic heterocycles. The summed E-state index contributed by atoms with van der Waals surface area (Å²) in [6.07, 6.45) is 0.708. The zero-order chi connectivity index (χ0) is 17.9. The van der Waals surface area contributed by atoms with Gasteiger partial charge in [-0.05, 0) is 37.6 Å². The molecule has 132 valence electrons. The van der Waals surface area contributed by atoms with Gasteiger partial charge in [0.05, 0.1) is 4.90 Å². The molecule has 1 saturated heterocycles. The molecule has 0 radical (unpaired) electrons. The molecule has 0 saturated carbocycles. The van der Waals surface area contributed by atoms with Gasteiger partial charge in [-0.2, -0.15) is 0 Å². The smallest absolute Gasteiger partial charge is 0.256 e. The first kappa shape index (κ1) is 17.6. The van der Waals surface area contributed by atoms with Crippen LogP contribution < -0.4 is 5.32 Å². The Hall–Kier alpha value is -2.18. The summed E-state index contributed by atoms with van der Waals surface area (Å²) in [4.78, 5) is 14.9. The quantitative estimate of drug-likeness (QED) is 0.910. The van der Waals surface area contributed by atoms with Crippen molar-refractivity contribution < 1.29 is 13.2 Å². The highest BCUT2D eigenvalue weighted by atomic mass is 32.2. The normalized spacial score (nSPS) is 21.8. The van der Waals surface area contributed by atoms with Gasteiger partial charge in [0.2, 0.25) is 9.84 Å². The van der Waals surface area contributed by atoms with E-state index in [-0.39, 0.29) is 10.9 Å². The summed E-state index contributed by atoms with van der Waals surface area (Å²) < 4.78 is 25.9. The van der Waals surface area contributed by atoms with Gasteiger partial charge in [-0.15, -0.1) is 0 Å². The van der Waals surface area contributed by atoms with Gasteiger partial charge in [0.15, 0.2) is 5.37 Å². The third-order valence-electron chi connectivity index (χ3n) is 4.51. The van der Waals surface area contributed by atoms with E-state index in [2.05, 4.69) is 5.32 Å². The lowest BCUT2D eigenvalue weighted by molar-refractivity contribution is -0.133. The molecule has 1 heterocycles. The van der Waals surface area contributed by atoms with Gasteiger partial charge in [-0.1, -0.05) is 48.5 Å². The number of nitrogens with one attached hydrogen (secondary N) is 1. The summed E-state index contributed by atoms with van der Waals surface area (Å²) in [5.74, 6) is -0.391. The van der Waals surface area contributed by atoms with Crippen molar-refractivity contribution in [3.05, 3.63) is 66.2 Å².